The molecule has 8 heteroatoms. The molecule has 0 aliphatic carbocycles. The first-order chi connectivity index (χ1) is 15.9. The van der Waals surface area contributed by atoms with Gasteiger partial charge in [-0.25, -0.2) is 0 Å². The molecule has 0 radical (unpaired) electrons. The highest BCUT2D eigenvalue weighted by Crippen LogP contribution is 2.32. The lowest BCUT2D eigenvalue weighted by molar-refractivity contribution is -0.384. The molecule has 0 saturated carbocycles. The summed E-state index contributed by atoms with van der Waals surface area (Å²) < 4.78 is 6.06. The molecule has 3 aromatic rings. The van der Waals surface area contributed by atoms with Crippen molar-refractivity contribution in [3.8, 4) is 11.6 Å². The van der Waals surface area contributed by atoms with E-state index in [-0.39, 0.29) is 17.5 Å². The fraction of sp³-hybridized carbons (Fsp3) is 0.360. The topological polar surface area (TPSA) is 93.4 Å². The van der Waals surface area contributed by atoms with E-state index in [0.29, 0.717) is 5.88 Å². The molecule has 0 amide bonds. The highest BCUT2D eigenvalue weighted by molar-refractivity contribution is 5.58. The average Bonchev–Trinajstić information content (AvgIpc) is 2.78. The first-order valence-electron chi connectivity index (χ1n) is 11.2. The molecule has 33 heavy (non-hydrogen) atoms. The molecule has 1 fully saturated rings. The Morgan fingerprint density at radius 3 is 2.39 bits per heavy atom. The van der Waals surface area contributed by atoms with Crippen LogP contribution in [-0.2, 0) is 6.54 Å². The molecule has 1 N–H and O–H groups in total. The molecule has 172 valence electrons. The van der Waals surface area contributed by atoms with Crippen molar-refractivity contribution in [1.82, 2.24) is 14.9 Å². The lowest BCUT2D eigenvalue weighted by Gasteiger charge is -2.32. The minimum atomic E-state index is -0.403. The predicted octanol–water partition coefficient (Wildman–Crippen LogP) is 5.18. The Kier molecular flexibility index (Phi) is 6.84. The van der Waals surface area contributed by atoms with E-state index in [2.05, 4.69) is 20.2 Å². The van der Waals surface area contributed by atoms with E-state index in [0.717, 1.165) is 54.9 Å². The monoisotopic (exact) mass is 447 g/mol. The van der Waals surface area contributed by atoms with Gasteiger partial charge in [-0.05, 0) is 62.4 Å². The first kappa shape index (κ1) is 22.7. The Morgan fingerprint density at radius 1 is 1.09 bits per heavy atom. The number of nitrogens with zero attached hydrogens (tertiary/aromatic N) is 4. The van der Waals surface area contributed by atoms with E-state index >= 15 is 0 Å². The summed E-state index contributed by atoms with van der Waals surface area (Å²) >= 11 is 0. The van der Waals surface area contributed by atoms with Gasteiger partial charge in [-0.2, -0.15) is 4.98 Å². The summed E-state index contributed by atoms with van der Waals surface area (Å²) in [7, 11) is 0. The molecule has 0 spiro atoms. The van der Waals surface area contributed by atoms with Crippen molar-refractivity contribution in [2.24, 2.45) is 0 Å². The number of pyridine rings is 2. The van der Waals surface area contributed by atoms with E-state index in [4.69, 9.17) is 4.74 Å². The molecule has 2 aromatic heterocycles. The van der Waals surface area contributed by atoms with Crippen molar-refractivity contribution >= 4 is 11.5 Å². The molecule has 8 nitrogen and oxygen atoms in total. The molecule has 0 atom stereocenters. The van der Waals surface area contributed by atoms with Gasteiger partial charge in [0.2, 0.25) is 11.7 Å². The van der Waals surface area contributed by atoms with Crippen molar-refractivity contribution in [2.75, 3.05) is 18.4 Å². The van der Waals surface area contributed by atoms with Crippen LogP contribution in [-0.4, -0.2) is 38.9 Å². The number of rotatable bonds is 7. The normalized spacial score (nSPS) is 14.8. The van der Waals surface area contributed by atoms with Gasteiger partial charge in [0.1, 0.15) is 5.75 Å². The van der Waals surface area contributed by atoms with Crippen molar-refractivity contribution in [1.29, 1.82) is 0 Å². The lowest BCUT2D eigenvalue weighted by atomic mass is 10.0. The molecular formula is C25H29N5O3. The van der Waals surface area contributed by atoms with Crippen LogP contribution < -0.4 is 10.1 Å². The first-order valence-corrected chi connectivity index (χ1v) is 11.2. The number of nitrogens with one attached hydrogen (secondary N) is 1. The Morgan fingerprint density at radius 2 is 1.76 bits per heavy atom. The summed E-state index contributed by atoms with van der Waals surface area (Å²) in [5.74, 6) is 1.33. The maximum atomic E-state index is 11.6. The molecule has 1 saturated heterocycles. The summed E-state index contributed by atoms with van der Waals surface area (Å²) in [6.07, 6.45) is 5.38. The minimum absolute atomic E-state index is 0.0427. The predicted molar refractivity (Wildman–Crippen MR) is 128 cm³/mol. The van der Waals surface area contributed by atoms with Crippen LogP contribution in [0.2, 0.25) is 0 Å². The second-order valence-corrected chi connectivity index (χ2v) is 8.65. The van der Waals surface area contributed by atoms with E-state index in [1.54, 1.807) is 6.07 Å². The van der Waals surface area contributed by atoms with Crippen LogP contribution in [0.15, 0.2) is 48.8 Å². The number of hydrogen-bond acceptors (Lipinski definition) is 7. The van der Waals surface area contributed by atoms with Crippen LogP contribution >= 0.6 is 0 Å². The quantitative estimate of drug-likeness (QED) is 0.394. The highest BCUT2D eigenvalue weighted by Gasteiger charge is 2.24. The number of piperidine rings is 1. The van der Waals surface area contributed by atoms with Crippen molar-refractivity contribution in [3.63, 3.8) is 0 Å². The third-order valence-corrected chi connectivity index (χ3v) is 5.94. The number of benzene rings is 1. The maximum absolute atomic E-state index is 11.6. The zero-order chi connectivity index (χ0) is 23.4. The van der Waals surface area contributed by atoms with E-state index in [1.165, 1.54) is 11.6 Å². The van der Waals surface area contributed by atoms with Crippen LogP contribution in [0.25, 0.3) is 0 Å². The molecule has 3 heterocycles. The number of ether oxygens (including phenoxy) is 1. The van der Waals surface area contributed by atoms with Gasteiger partial charge in [-0.15, -0.1) is 0 Å². The summed E-state index contributed by atoms with van der Waals surface area (Å²) in [6, 6.07) is 11.3. The minimum Gasteiger partial charge on any atom is -0.438 e. The SMILES string of the molecule is Cc1cc(C)c(Oc2ccc([N+](=O)[O-])c(NC3CCN(Cc4ccncc4)CC3)n2)c(C)c1. The van der Waals surface area contributed by atoms with E-state index in [1.807, 2.05) is 57.4 Å². The fourth-order valence-electron chi connectivity index (χ4n) is 4.35. The second-order valence-electron chi connectivity index (χ2n) is 8.65. The molecular weight excluding hydrogens is 418 g/mol. The summed E-state index contributed by atoms with van der Waals surface area (Å²) in [5.41, 5.74) is 4.36. The van der Waals surface area contributed by atoms with Gasteiger partial charge in [0.15, 0.2) is 0 Å². The molecule has 4 rings (SSSR count). The maximum Gasteiger partial charge on any atom is 0.311 e. The third-order valence-electron chi connectivity index (χ3n) is 5.94. The largest absolute Gasteiger partial charge is 0.438 e. The fourth-order valence-corrected chi connectivity index (χ4v) is 4.35. The Balaban J connectivity index is 1.45. The standard InChI is InChI=1S/C25H29N5O3/c1-17-14-18(2)24(19(3)15-17)33-23-5-4-22(30(31)32)25(28-23)27-21-8-12-29(13-9-21)16-20-6-10-26-11-7-20/h4-7,10-11,14-15,21H,8-9,12-13,16H2,1-3H3,(H,27,28). The van der Waals surface area contributed by atoms with E-state index < -0.39 is 4.92 Å². The van der Waals surface area contributed by atoms with Gasteiger partial charge in [-0.1, -0.05) is 17.7 Å². The zero-order valence-corrected chi connectivity index (χ0v) is 19.2. The van der Waals surface area contributed by atoms with Gasteiger partial charge >= 0.3 is 5.69 Å². The van der Waals surface area contributed by atoms with Crippen molar-refractivity contribution in [2.45, 2.75) is 46.2 Å². The summed E-state index contributed by atoms with van der Waals surface area (Å²) in [5, 5.41) is 14.9. The van der Waals surface area contributed by atoms with Crippen LogP contribution in [0.4, 0.5) is 11.5 Å². The number of nitro groups is 1. The van der Waals surface area contributed by atoms with Crippen LogP contribution in [0, 0.1) is 30.9 Å². The Bertz CT molecular complexity index is 1110. The Hall–Kier alpha value is -3.52. The molecule has 0 unspecified atom stereocenters. The smallest absolute Gasteiger partial charge is 0.311 e. The number of aromatic nitrogens is 2. The lowest BCUT2D eigenvalue weighted by Crippen LogP contribution is -2.38. The van der Waals surface area contributed by atoms with Gasteiger partial charge < -0.3 is 10.1 Å². The number of aryl methyl sites for hydroxylation is 3. The molecule has 0 bridgehead atoms. The van der Waals surface area contributed by atoms with Gasteiger partial charge in [-0.3, -0.25) is 20.0 Å². The molecule has 1 aliphatic heterocycles. The zero-order valence-electron chi connectivity index (χ0n) is 19.2. The number of hydrogen-bond donors (Lipinski definition) is 1. The van der Waals surface area contributed by atoms with Gasteiger partial charge in [0.25, 0.3) is 0 Å². The average molecular weight is 448 g/mol. The van der Waals surface area contributed by atoms with Crippen LogP contribution in [0.3, 0.4) is 0 Å². The summed E-state index contributed by atoms with van der Waals surface area (Å²) in [6.45, 7) is 8.71. The van der Waals surface area contributed by atoms with Crippen LogP contribution in [0.5, 0.6) is 11.6 Å². The second kappa shape index (κ2) is 9.95. The number of likely N-dealkylation sites (tertiary alicyclic amines) is 1. The summed E-state index contributed by atoms with van der Waals surface area (Å²) in [4.78, 5) is 22.1. The molecule has 1 aliphatic rings. The number of anilines is 1. The van der Waals surface area contributed by atoms with Crippen molar-refractivity contribution in [3.05, 3.63) is 81.2 Å². The van der Waals surface area contributed by atoms with Crippen molar-refractivity contribution < 1.29 is 9.66 Å². The highest BCUT2D eigenvalue weighted by atomic mass is 16.6. The Labute approximate surface area is 193 Å². The molecule has 1 aromatic carbocycles. The van der Waals surface area contributed by atoms with Gasteiger partial charge in [0, 0.05) is 50.2 Å². The van der Waals surface area contributed by atoms with E-state index in [9.17, 15) is 10.1 Å². The van der Waals surface area contributed by atoms with Crippen LogP contribution in [0.1, 0.15) is 35.1 Å². The van der Waals surface area contributed by atoms with Gasteiger partial charge in [0.05, 0.1) is 4.92 Å². The third kappa shape index (κ3) is 5.64.